The molecule has 4 aromatic rings. The van der Waals surface area contributed by atoms with Crippen molar-refractivity contribution in [3.8, 4) is 11.3 Å². The molecule has 0 atom stereocenters. The van der Waals surface area contributed by atoms with Crippen molar-refractivity contribution in [1.29, 1.82) is 0 Å². The number of aromatic amines is 1. The molecule has 0 saturated heterocycles. The number of aromatic carboxylic acids is 1. The highest BCUT2D eigenvalue weighted by molar-refractivity contribution is 5.99. The van der Waals surface area contributed by atoms with Crippen LogP contribution in [0.1, 0.15) is 10.4 Å². The zero-order chi connectivity index (χ0) is 16.7. The Morgan fingerprint density at radius 2 is 1.96 bits per heavy atom. The molecule has 0 unspecified atom stereocenters. The number of nitrogens with one attached hydrogen (secondary N) is 2. The maximum Gasteiger partial charge on any atom is 0.335 e. The lowest BCUT2D eigenvalue weighted by atomic mass is 10.1. The van der Waals surface area contributed by atoms with Crippen molar-refractivity contribution < 1.29 is 9.90 Å². The molecule has 0 fully saturated rings. The number of anilines is 1. The number of H-pyrrole nitrogens is 1. The third-order valence-corrected chi connectivity index (χ3v) is 4.12. The largest absolute Gasteiger partial charge is 0.478 e. The third kappa shape index (κ3) is 2.27. The number of rotatable bonds is 3. The van der Waals surface area contributed by atoms with E-state index in [1.165, 1.54) is 0 Å². The second-order valence-electron chi connectivity index (χ2n) is 5.62. The van der Waals surface area contributed by atoms with Crippen molar-refractivity contribution >= 4 is 33.6 Å². The van der Waals surface area contributed by atoms with Crippen LogP contribution in [0.5, 0.6) is 0 Å². The van der Waals surface area contributed by atoms with E-state index in [1.807, 2.05) is 37.4 Å². The van der Waals surface area contributed by atoms with Gasteiger partial charge in [-0.1, -0.05) is 24.3 Å². The summed E-state index contributed by atoms with van der Waals surface area (Å²) in [6.07, 6.45) is 0. The second kappa shape index (κ2) is 5.38. The van der Waals surface area contributed by atoms with E-state index >= 15 is 0 Å². The highest BCUT2D eigenvalue weighted by Gasteiger charge is 2.10. The topological polar surface area (TPSA) is 78.0 Å². The zero-order valence-electron chi connectivity index (χ0n) is 13.0. The Morgan fingerprint density at radius 1 is 1.12 bits per heavy atom. The molecular weight excluding hydrogens is 302 g/mol. The van der Waals surface area contributed by atoms with Gasteiger partial charge in [-0.2, -0.15) is 0 Å². The number of fused-ring (bicyclic) bond motifs is 2. The number of aromatic nitrogens is 2. The molecule has 0 aliphatic heterocycles. The molecule has 2 aromatic heterocycles. The molecule has 0 saturated carbocycles. The number of para-hydroxylation sites is 1. The van der Waals surface area contributed by atoms with Crippen molar-refractivity contribution in [2.24, 2.45) is 0 Å². The molecule has 0 amide bonds. The predicted molar refractivity (Wildman–Crippen MR) is 95.5 cm³/mol. The van der Waals surface area contributed by atoms with Gasteiger partial charge in [-0.3, -0.25) is 0 Å². The Balaban J connectivity index is 1.91. The molecule has 0 radical (unpaired) electrons. The number of hydrogen-bond donors (Lipinski definition) is 3. The van der Waals surface area contributed by atoms with Gasteiger partial charge < -0.3 is 15.4 Å². The van der Waals surface area contributed by atoms with Gasteiger partial charge in [0.05, 0.1) is 27.8 Å². The summed E-state index contributed by atoms with van der Waals surface area (Å²) < 4.78 is 0. The number of hydrogen-bond acceptors (Lipinski definition) is 3. The van der Waals surface area contributed by atoms with Crippen LogP contribution in [0.4, 0.5) is 5.69 Å². The van der Waals surface area contributed by atoms with Gasteiger partial charge in [-0.15, -0.1) is 0 Å². The van der Waals surface area contributed by atoms with Crippen LogP contribution in [0, 0.1) is 0 Å². The van der Waals surface area contributed by atoms with Crippen LogP contribution in [-0.2, 0) is 0 Å². The minimum absolute atomic E-state index is 0.266. The quantitative estimate of drug-likeness (QED) is 0.531. The molecule has 2 aromatic carbocycles. The van der Waals surface area contributed by atoms with Crippen molar-refractivity contribution in [2.75, 3.05) is 12.4 Å². The SMILES string of the molecule is CNc1cccc2cc3[nH]c(-c4cccc(C(=O)O)c4)cc3nc12. The minimum atomic E-state index is -0.935. The molecule has 0 aliphatic rings. The van der Waals surface area contributed by atoms with E-state index in [0.717, 1.165) is 38.9 Å². The molecule has 0 aliphatic carbocycles. The first-order chi connectivity index (χ1) is 11.7. The zero-order valence-corrected chi connectivity index (χ0v) is 13.0. The van der Waals surface area contributed by atoms with Crippen LogP contribution in [0.15, 0.2) is 54.6 Å². The van der Waals surface area contributed by atoms with E-state index in [2.05, 4.69) is 16.4 Å². The van der Waals surface area contributed by atoms with E-state index in [4.69, 9.17) is 10.1 Å². The van der Waals surface area contributed by atoms with Gasteiger partial charge in [0.2, 0.25) is 0 Å². The summed E-state index contributed by atoms with van der Waals surface area (Å²) >= 11 is 0. The Kier molecular flexibility index (Phi) is 3.20. The second-order valence-corrected chi connectivity index (χ2v) is 5.62. The van der Waals surface area contributed by atoms with E-state index in [1.54, 1.807) is 18.2 Å². The van der Waals surface area contributed by atoms with E-state index in [9.17, 15) is 4.79 Å². The predicted octanol–water partition coefficient (Wildman–Crippen LogP) is 4.12. The highest BCUT2D eigenvalue weighted by Crippen LogP contribution is 2.28. The molecule has 5 nitrogen and oxygen atoms in total. The van der Waals surface area contributed by atoms with Crippen LogP contribution in [-0.4, -0.2) is 28.1 Å². The van der Waals surface area contributed by atoms with Crippen molar-refractivity contribution in [3.05, 3.63) is 60.2 Å². The Morgan fingerprint density at radius 3 is 2.75 bits per heavy atom. The van der Waals surface area contributed by atoms with Crippen molar-refractivity contribution in [2.45, 2.75) is 0 Å². The molecule has 3 N–H and O–H groups in total. The summed E-state index contributed by atoms with van der Waals surface area (Å²) in [5, 5.41) is 13.4. The number of pyridine rings is 1. The van der Waals surface area contributed by atoms with E-state index in [-0.39, 0.29) is 5.56 Å². The summed E-state index contributed by atoms with van der Waals surface area (Å²) in [5.41, 5.74) is 5.60. The normalized spacial score (nSPS) is 11.0. The average molecular weight is 317 g/mol. The van der Waals surface area contributed by atoms with E-state index < -0.39 is 5.97 Å². The van der Waals surface area contributed by atoms with Gasteiger partial charge in [0.25, 0.3) is 0 Å². The van der Waals surface area contributed by atoms with Gasteiger partial charge in [0.1, 0.15) is 0 Å². The molecule has 24 heavy (non-hydrogen) atoms. The van der Waals surface area contributed by atoms with Crippen LogP contribution in [0.3, 0.4) is 0 Å². The molecule has 0 spiro atoms. The van der Waals surface area contributed by atoms with Crippen molar-refractivity contribution in [3.63, 3.8) is 0 Å². The summed E-state index contributed by atoms with van der Waals surface area (Å²) in [4.78, 5) is 19.2. The fourth-order valence-electron chi connectivity index (χ4n) is 2.92. The van der Waals surface area contributed by atoms with Crippen molar-refractivity contribution in [1.82, 2.24) is 9.97 Å². The Labute approximate surface area is 138 Å². The number of carboxylic acid groups (broad SMARTS) is 1. The standard InChI is InChI=1S/C19H15N3O2/c1-20-14-7-3-5-12-9-16-17(22-18(12)14)10-15(21-16)11-4-2-6-13(8-11)19(23)24/h2-10,20-21H,1H3,(H,23,24). The lowest BCUT2D eigenvalue weighted by Crippen LogP contribution is -1.95. The highest BCUT2D eigenvalue weighted by atomic mass is 16.4. The number of nitrogens with zero attached hydrogens (tertiary/aromatic N) is 1. The fraction of sp³-hybridized carbons (Fsp3) is 0.0526. The monoisotopic (exact) mass is 317 g/mol. The van der Waals surface area contributed by atoms with Crippen LogP contribution < -0.4 is 5.32 Å². The van der Waals surface area contributed by atoms with Crippen LogP contribution >= 0.6 is 0 Å². The van der Waals surface area contributed by atoms with Gasteiger partial charge in [-0.05, 0) is 35.9 Å². The summed E-state index contributed by atoms with van der Waals surface area (Å²) in [5.74, 6) is -0.935. The maximum absolute atomic E-state index is 11.2. The third-order valence-electron chi connectivity index (χ3n) is 4.12. The molecule has 0 bridgehead atoms. The number of benzene rings is 2. The first-order valence-corrected chi connectivity index (χ1v) is 7.60. The Hall–Kier alpha value is -3.34. The lowest BCUT2D eigenvalue weighted by Gasteiger charge is -2.04. The lowest BCUT2D eigenvalue weighted by molar-refractivity contribution is 0.0697. The summed E-state index contributed by atoms with van der Waals surface area (Å²) in [7, 11) is 1.88. The van der Waals surface area contributed by atoms with Gasteiger partial charge >= 0.3 is 5.97 Å². The first kappa shape index (κ1) is 14.3. The smallest absolute Gasteiger partial charge is 0.335 e. The molecule has 118 valence electrons. The fourth-order valence-corrected chi connectivity index (χ4v) is 2.92. The average Bonchev–Trinajstić information content (AvgIpc) is 3.02. The first-order valence-electron chi connectivity index (χ1n) is 7.60. The number of carboxylic acids is 1. The van der Waals surface area contributed by atoms with Gasteiger partial charge in [-0.25, -0.2) is 9.78 Å². The number of carbonyl (C=O) groups is 1. The molecule has 2 heterocycles. The van der Waals surface area contributed by atoms with Crippen LogP contribution in [0.2, 0.25) is 0 Å². The Bertz CT molecular complexity index is 1080. The van der Waals surface area contributed by atoms with Crippen LogP contribution in [0.25, 0.3) is 33.2 Å². The maximum atomic E-state index is 11.2. The molecule has 5 heteroatoms. The summed E-state index contributed by atoms with van der Waals surface area (Å²) in [6.45, 7) is 0. The minimum Gasteiger partial charge on any atom is -0.478 e. The summed E-state index contributed by atoms with van der Waals surface area (Å²) in [6, 6.07) is 16.9. The van der Waals surface area contributed by atoms with Gasteiger partial charge in [0, 0.05) is 18.1 Å². The van der Waals surface area contributed by atoms with Gasteiger partial charge in [0.15, 0.2) is 0 Å². The molecule has 4 rings (SSSR count). The molecular formula is C19H15N3O2. The van der Waals surface area contributed by atoms with E-state index in [0.29, 0.717) is 0 Å².